The van der Waals surface area contributed by atoms with Gasteiger partial charge in [-0.05, 0) is 42.5 Å². The number of rotatable bonds is 4. The topological polar surface area (TPSA) is 70.8 Å². The second kappa shape index (κ2) is 7.93. The van der Waals surface area contributed by atoms with Gasteiger partial charge in [0.2, 0.25) is 14.9 Å². The van der Waals surface area contributed by atoms with E-state index in [9.17, 15) is 13.2 Å². The molecule has 0 spiro atoms. The van der Waals surface area contributed by atoms with Gasteiger partial charge in [-0.25, -0.2) is 8.42 Å². The Morgan fingerprint density at radius 3 is 2.31 bits per heavy atom. The number of halogens is 1. The minimum atomic E-state index is -3.79. The maximum Gasteiger partial charge on any atom is 0.289 e. The van der Waals surface area contributed by atoms with Gasteiger partial charge in [0.05, 0.1) is 4.90 Å². The van der Waals surface area contributed by atoms with Crippen LogP contribution in [0.25, 0.3) is 0 Å². The smallest absolute Gasteiger partial charge is 0.289 e. The molecule has 0 unspecified atom stereocenters. The first kappa shape index (κ1) is 19.5. The number of sulfone groups is 1. The Kier molecular flexibility index (Phi) is 5.34. The first-order valence-electron chi connectivity index (χ1n) is 9.15. The normalized spacial score (nSPS) is 14.8. The number of furan rings is 1. The molecule has 0 N–H and O–H groups in total. The minimum absolute atomic E-state index is 0.0238. The molecule has 0 bridgehead atoms. The lowest BCUT2D eigenvalue weighted by Gasteiger charge is -2.35. The first-order valence-corrected chi connectivity index (χ1v) is 11.0. The lowest BCUT2D eigenvalue weighted by atomic mass is 10.2. The number of hydrogen-bond donors (Lipinski definition) is 0. The van der Waals surface area contributed by atoms with E-state index in [0.29, 0.717) is 31.2 Å². The zero-order chi connectivity index (χ0) is 20.4. The van der Waals surface area contributed by atoms with Crippen molar-refractivity contribution in [2.45, 2.75) is 9.99 Å². The van der Waals surface area contributed by atoms with Gasteiger partial charge in [0.25, 0.3) is 5.91 Å². The molecule has 3 aromatic rings. The second-order valence-corrected chi connectivity index (χ2v) is 9.01. The molecule has 0 radical (unpaired) electrons. The molecular formula is C21H19ClN2O4S. The Balaban J connectivity index is 1.45. The average molecular weight is 431 g/mol. The van der Waals surface area contributed by atoms with Gasteiger partial charge in [-0.2, -0.15) is 0 Å². The third kappa shape index (κ3) is 4.02. The highest BCUT2D eigenvalue weighted by Gasteiger charge is 2.27. The number of anilines is 1. The van der Waals surface area contributed by atoms with E-state index in [1.807, 2.05) is 24.3 Å². The van der Waals surface area contributed by atoms with Crippen molar-refractivity contribution >= 4 is 33.0 Å². The third-order valence-corrected chi connectivity index (χ3v) is 6.73. The molecule has 1 fully saturated rings. The fourth-order valence-electron chi connectivity index (χ4n) is 3.29. The number of carbonyl (C=O) groups excluding carboxylic acids is 1. The maximum atomic E-state index is 12.8. The van der Waals surface area contributed by atoms with E-state index in [-0.39, 0.29) is 21.7 Å². The van der Waals surface area contributed by atoms with Gasteiger partial charge in [0.15, 0.2) is 5.76 Å². The lowest BCUT2D eigenvalue weighted by molar-refractivity contribution is 0.0709. The standard InChI is InChI=1S/C21H19ClN2O4S/c22-16-5-4-6-17(15-16)23-11-13-24(14-12-23)21(25)19-9-10-20(28-19)29(26,27)18-7-2-1-3-8-18/h1-10,15H,11-14H2. The summed E-state index contributed by atoms with van der Waals surface area (Å²) < 4.78 is 30.7. The van der Waals surface area contributed by atoms with E-state index in [4.69, 9.17) is 16.0 Å². The zero-order valence-electron chi connectivity index (χ0n) is 15.5. The van der Waals surface area contributed by atoms with Gasteiger partial charge in [-0.1, -0.05) is 35.9 Å². The predicted octanol–water partition coefficient (Wildman–Crippen LogP) is 3.73. The molecule has 1 aliphatic rings. The largest absolute Gasteiger partial charge is 0.439 e. The Bertz CT molecular complexity index is 1120. The maximum absolute atomic E-state index is 12.8. The van der Waals surface area contributed by atoms with Gasteiger partial charge < -0.3 is 14.2 Å². The van der Waals surface area contributed by atoms with Crippen LogP contribution in [-0.2, 0) is 9.84 Å². The van der Waals surface area contributed by atoms with Gasteiger partial charge in [-0.15, -0.1) is 0 Å². The molecule has 1 aliphatic heterocycles. The molecule has 1 aromatic heterocycles. The van der Waals surface area contributed by atoms with Crippen LogP contribution in [0.15, 0.2) is 81.1 Å². The Morgan fingerprint density at radius 1 is 0.897 bits per heavy atom. The van der Waals surface area contributed by atoms with E-state index in [1.54, 1.807) is 23.1 Å². The number of piperazine rings is 1. The van der Waals surface area contributed by atoms with Crippen molar-refractivity contribution in [2.24, 2.45) is 0 Å². The first-order chi connectivity index (χ1) is 13.9. The van der Waals surface area contributed by atoms with Crippen molar-refractivity contribution in [2.75, 3.05) is 31.1 Å². The number of benzene rings is 2. The predicted molar refractivity (Wildman–Crippen MR) is 110 cm³/mol. The second-order valence-electron chi connectivity index (χ2n) is 6.69. The molecule has 2 aromatic carbocycles. The Hall–Kier alpha value is -2.77. The molecule has 2 heterocycles. The summed E-state index contributed by atoms with van der Waals surface area (Å²) in [5.41, 5.74) is 1.01. The molecule has 0 saturated carbocycles. The summed E-state index contributed by atoms with van der Waals surface area (Å²) in [7, 11) is -3.79. The van der Waals surface area contributed by atoms with Crippen molar-refractivity contribution in [1.29, 1.82) is 0 Å². The number of amides is 1. The van der Waals surface area contributed by atoms with Crippen molar-refractivity contribution < 1.29 is 17.6 Å². The van der Waals surface area contributed by atoms with Crippen LogP contribution in [0.4, 0.5) is 5.69 Å². The molecule has 4 rings (SSSR count). The SMILES string of the molecule is O=C(c1ccc(S(=O)(=O)c2ccccc2)o1)N1CCN(c2cccc(Cl)c2)CC1. The van der Waals surface area contributed by atoms with Crippen LogP contribution in [-0.4, -0.2) is 45.4 Å². The van der Waals surface area contributed by atoms with E-state index in [0.717, 1.165) is 5.69 Å². The van der Waals surface area contributed by atoms with Crippen molar-refractivity contribution in [3.63, 3.8) is 0 Å². The molecule has 8 heteroatoms. The molecule has 1 saturated heterocycles. The summed E-state index contributed by atoms with van der Waals surface area (Å²) in [6.45, 7) is 2.32. The van der Waals surface area contributed by atoms with E-state index >= 15 is 0 Å². The summed E-state index contributed by atoms with van der Waals surface area (Å²) in [6, 6.07) is 18.3. The third-order valence-electron chi connectivity index (χ3n) is 4.85. The molecule has 0 atom stereocenters. The van der Waals surface area contributed by atoms with Crippen LogP contribution in [0.5, 0.6) is 0 Å². The summed E-state index contributed by atoms with van der Waals surface area (Å²) in [5, 5.41) is 0.438. The van der Waals surface area contributed by atoms with Crippen LogP contribution in [0.3, 0.4) is 0 Å². The minimum Gasteiger partial charge on any atom is -0.439 e. The van der Waals surface area contributed by atoms with E-state index in [2.05, 4.69) is 4.90 Å². The van der Waals surface area contributed by atoms with Crippen molar-refractivity contribution in [3.05, 3.63) is 77.5 Å². The van der Waals surface area contributed by atoms with Gasteiger partial charge >= 0.3 is 0 Å². The fourth-order valence-corrected chi connectivity index (χ4v) is 4.67. The molecular weight excluding hydrogens is 412 g/mol. The van der Waals surface area contributed by atoms with Gasteiger partial charge in [0, 0.05) is 36.9 Å². The zero-order valence-corrected chi connectivity index (χ0v) is 17.1. The van der Waals surface area contributed by atoms with Gasteiger partial charge in [-0.3, -0.25) is 4.79 Å². The lowest BCUT2D eigenvalue weighted by Crippen LogP contribution is -2.48. The summed E-state index contributed by atoms with van der Waals surface area (Å²) in [5.74, 6) is -0.291. The molecule has 0 aliphatic carbocycles. The fraction of sp³-hybridized carbons (Fsp3) is 0.190. The molecule has 150 valence electrons. The van der Waals surface area contributed by atoms with Crippen LogP contribution >= 0.6 is 11.6 Å². The number of nitrogens with zero attached hydrogens (tertiary/aromatic N) is 2. The quantitative estimate of drug-likeness (QED) is 0.630. The molecule has 6 nitrogen and oxygen atoms in total. The highest BCUT2D eigenvalue weighted by atomic mass is 35.5. The monoisotopic (exact) mass is 430 g/mol. The van der Waals surface area contributed by atoms with Crippen LogP contribution in [0, 0.1) is 0 Å². The number of carbonyl (C=O) groups is 1. The highest BCUT2D eigenvalue weighted by Crippen LogP contribution is 2.25. The Labute approximate surface area is 174 Å². The molecule has 1 amide bonds. The van der Waals surface area contributed by atoms with E-state index in [1.165, 1.54) is 24.3 Å². The Morgan fingerprint density at radius 2 is 1.62 bits per heavy atom. The average Bonchev–Trinajstić information content (AvgIpc) is 3.25. The van der Waals surface area contributed by atoms with Crippen molar-refractivity contribution in [1.82, 2.24) is 4.90 Å². The summed E-state index contributed by atoms with van der Waals surface area (Å²) in [4.78, 5) is 16.7. The summed E-state index contributed by atoms with van der Waals surface area (Å²) in [6.07, 6.45) is 0. The van der Waals surface area contributed by atoms with Crippen LogP contribution in [0.2, 0.25) is 5.02 Å². The highest BCUT2D eigenvalue weighted by molar-refractivity contribution is 7.91. The summed E-state index contributed by atoms with van der Waals surface area (Å²) >= 11 is 6.05. The van der Waals surface area contributed by atoms with Crippen LogP contribution < -0.4 is 4.90 Å². The number of hydrogen-bond acceptors (Lipinski definition) is 5. The van der Waals surface area contributed by atoms with E-state index < -0.39 is 9.84 Å². The molecule has 29 heavy (non-hydrogen) atoms. The van der Waals surface area contributed by atoms with Crippen LogP contribution in [0.1, 0.15) is 10.6 Å². The van der Waals surface area contributed by atoms with Gasteiger partial charge in [0.1, 0.15) is 0 Å². The van der Waals surface area contributed by atoms with Crippen molar-refractivity contribution in [3.8, 4) is 0 Å².